The number of hydrogen-bond donors (Lipinski definition) is 4. The molecule has 6 nitrogen and oxygen atoms in total. The van der Waals surface area contributed by atoms with Crippen LogP contribution in [0.5, 0.6) is 0 Å². The maximum Gasteiger partial charge on any atom is 0.223 e. The van der Waals surface area contributed by atoms with Crippen LogP contribution in [-0.4, -0.2) is 47.3 Å². The van der Waals surface area contributed by atoms with E-state index >= 15 is 0 Å². The summed E-state index contributed by atoms with van der Waals surface area (Å²) in [6.07, 6.45) is 3.89. The van der Waals surface area contributed by atoms with Crippen LogP contribution in [0.1, 0.15) is 86.5 Å². The molecule has 0 aromatic rings. The Morgan fingerprint density at radius 1 is 0.793 bits per heavy atom. The minimum Gasteiger partial charge on any atom is -0.391 e. The first-order valence-corrected chi connectivity index (χ1v) is 11.6. The summed E-state index contributed by atoms with van der Waals surface area (Å²) in [6, 6.07) is 0. The Balaban J connectivity index is 4.56. The summed E-state index contributed by atoms with van der Waals surface area (Å²) in [4.78, 5) is 24.8. The van der Waals surface area contributed by atoms with Crippen molar-refractivity contribution in [3.63, 3.8) is 0 Å². The monoisotopic (exact) mass is 414 g/mol. The van der Waals surface area contributed by atoms with E-state index in [-0.39, 0.29) is 49.1 Å². The standard InChI is InChI=1S/C23H46N2O4/c1-7-17(8-2)20(26)14-24-22(28)12-11-19(13-16(5)6)23(29)25-15-21(27)18(9-3)10-4/h16-21,26-27H,7-15H2,1-6H3,(H,24,28)(H,25,29)/t19-,20-,21+/m1/s1. The van der Waals surface area contributed by atoms with Crippen molar-refractivity contribution in [1.29, 1.82) is 0 Å². The van der Waals surface area contributed by atoms with Crippen LogP contribution in [0.25, 0.3) is 0 Å². The van der Waals surface area contributed by atoms with Gasteiger partial charge in [0, 0.05) is 25.4 Å². The molecule has 2 amide bonds. The molecule has 0 aliphatic rings. The van der Waals surface area contributed by atoms with Crippen molar-refractivity contribution in [2.45, 2.75) is 98.7 Å². The Hall–Kier alpha value is -1.14. The van der Waals surface area contributed by atoms with Crippen LogP contribution in [-0.2, 0) is 9.59 Å². The zero-order valence-electron chi connectivity index (χ0n) is 19.5. The van der Waals surface area contributed by atoms with Crippen LogP contribution < -0.4 is 10.6 Å². The second kappa shape index (κ2) is 15.7. The van der Waals surface area contributed by atoms with Crippen molar-refractivity contribution in [1.82, 2.24) is 10.6 Å². The van der Waals surface area contributed by atoms with Crippen molar-refractivity contribution < 1.29 is 19.8 Å². The first-order chi connectivity index (χ1) is 13.7. The van der Waals surface area contributed by atoms with Gasteiger partial charge < -0.3 is 20.8 Å². The summed E-state index contributed by atoms with van der Waals surface area (Å²) < 4.78 is 0. The number of rotatable bonds is 16. The van der Waals surface area contributed by atoms with Crippen molar-refractivity contribution in [3.05, 3.63) is 0 Å². The Bertz CT molecular complexity index is 448. The minimum absolute atomic E-state index is 0.0893. The molecule has 0 radical (unpaired) electrons. The van der Waals surface area contributed by atoms with E-state index in [1.165, 1.54) is 0 Å². The lowest BCUT2D eigenvalue weighted by atomic mass is 9.91. The molecule has 0 heterocycles. The van der Waals surface area contributed by atoms with Gasteiger partial charge in [0.1, 0.15) is 0 Å². The average Bonchev–Trinajstić information content (AvgIpc) is 2.69. The van der Waals surface area contributed by atoms with Crippen molar-refractivity contribution in [3.8, 4) is 0 Å². The van der Waals surface area contributed by atoms with Gasteiger partial charge in [-0.15, -0.1) is 0 Å². The van der Waals surface area contributed by atoms with Gasteiger partial charge in [-0.2, -0.15) is 0 Å². The summed E-state index contributed by atoms with van der Waals surface area (Å²) in [6.45, 7) is 12.8. The van der Waals surface area contributed by atoms with E-state index < -0.39 is 12.2 Å². The molecule has 0 fully saturated rings. The molecule has 0 aliphatic carbocycles. The van der Waals surface area contributed by atoms with E-state index in [0.717, 1.165) is 25.7 Å². The van der Waals surface area contributed by atoms with E-state index in [2.05, 4.69) is 24.5 Å². The lowest BCUT2D eigenvalue weighted by Gasteiger charge is -2.23. The maximum atomic E-state index is 12.6. The van der Waals surface area contributed by atoms with Gasteiger partial charge >= 0.3 is 0 Å². The third kappa shape index (κ3) is 11.6. The molecule has 6 heteroatoms. The molecule has 0 saturated heterocycles. The molecule has 0 spiro atoms. The normalized spacial score (nSPS) is 14.9. The Morgan fingerprint density at radius 3 is 1.66 bits per heavy atom. The van der Waals surface area contributed by atoms with E-state index in [4.69, 9.17) is 0 Å². The molecule has 172 valence electrons. The van der Waals surface area contributed by atoms with Gasteiger partial charge in [-0.25, -0.2) is 0 Å². The van der Waals surface area contributed by atoms with Crippen LogP contribution in [0.3, 0.4) is 0 Å². The summed E-state index contributed by atoms with van der Waals surface area (Å²) in [5, 5.41) is 26.1. The van der Waals surface area contributed by atoms with Crippen LogP contribution in [0.4, 0.5) is 0 Å². The van der Waals surface area contributed by atoms with Crippen LogP contribution in [0, 0.1) is 23.7 Å². The van der Waals surface area contributed by atoms with E-state index in [9.17, 15) is 19.8 Å². The molecular weight excluding hydrogens is 368 g/mol. The predicted molar refractivity (Wildman–Crippen MR) is 118 cm³/mol. The molecule has 3 atom stereocenters. The number of aliphatic hydroxyl groups excluding tert-OH is 2. The Morgan fingerprint density at radius 2 is 1.24 bits per heavy atom. The molecule has 0 unspecified atom stereocenters. The number of amides is 2. The SMILES string of the molecule is CCC(CC)[C@H](O)CNC(=O)CC[C@H](CC(C)C)C(=O)NC[C@H](O)C(CC)CC. The average molecular weight is 415 g/mol. The molecule has 0 aromatic heterocycles. The lowest BCUT2D eigenvalue weighted by molar-refractivity contribution is -0.127. The molecule has 29 heavy (non-hydrogen) atoms. The first-order valence-electron chi connectivity index (χ1n) is 11.6. The van der Waals surface area contributed by atoms with E-state index in [0.29, 0.717) is 18.8 Å². The van der Waals surface area contributed by atoms with E-state index in [1.54, 1.807) is 0 Å². The van der Waals surface area contributed by atoms with Gasteiger partial charge in [0.25, 0.3) is 0 Å². The Labute approximate surface area is 178 Å². The molecular formula is C23H46N2O4. The van der Waals surface area contributed by atoms with Crippen molar-refractivity contribution in [2.24, 2.45) is 23.7 Å². The highest BCUT2D eigenvalue weighted by Crippen LogP contribution is 2.19. The first kappa shape index (κ1) is 27.9. The largest absolute Gasteiger partial charge is 0.391 e. The third-order valence-electron chi connectivity index (χ3n) is 6.03. The maximum absolute atomic E-state index is 12.6. The van der Waals surface area contributed by atoms with Crippen LogP contribution in [0.2, 0.25) is 0 Å². The fourth-order valence-corrected chi connectivity index (χ4v) is 3.89. The number of carbonyl (C=O) groups excluding carboxylic acids is 2. The summed E-state index contributed by atoms with van der Waals surface area (Å²) in [7, 11) is 0. The topological polar surface area (TPSA) is 98.7 Å². The summed E-state index contributed by atoms with van der Waals surface area (Å²) in [5.74, 6) is 0.248. The van der Waals surface area contributed by atoms with Gasteiger partial charge in [0.15, 0.2) is 0 Å². The van der Waals surface area contributed by atoms with Gasteiger partial charge in [0.2, 0.25) is 11.8 Å². The third-order valence-corrected chi connectivity index (χ3v) is 6.03. The molecule has 0 rings (SSSR count). The summed E-state index contributed by atoms with van der Waals surface area (Å²) in [5.41, 5.74) is 0. The van der Waals surface area contributed by atoms with Crippen LogP contribution >= 0.6 is 0 Å². The smallest absolute Gasteiger partial charge is 0.223 e. The zero-order chi connectivity index (χ0) is 22.4. The van der Waals surface area contributed by atoms with Gasteiger partial charge in [0.05, 0.1) is 12.2 Å². The molecule has 0 bridgehead atoms. The highest BCUT2D eigenvalue weighted by molar-refractivity contribution is 5.80. The van der Waals surface area contributed by atoms with Crippen molar-refractivity contribution >= 4 is 11.8 Å². The minimum atomic E-state index is -0.538. The number of carbonyl (C=O) groups is 2. The van der Waals surface area contributed by atoms with Crippen molar-refractivity contribution in [2.75, 3.05) is 13.1 Å². The summed E-state index contributed by atoms with van der Waals surface area (Å²) >= 11 is 0. The van der Waals surface area contributed by atoms with Gasteiger partial charge in [-0.1, -0.05) is 67.2 Å². The zero-order valence-corrected chi connectivity index (χ0v) is 19.5. The van der Waals surface area contributed by atoms with Gasteiger partial charge in [-0.05, 0) is 30.6 Å². The molecule has 0 aromatic carbocycles. The fraction of sp³-hybridized carbons (Fsp3) is 0.913. The quantitative estimate of drug-likeness (QED) is 0.311. The van der Waals surface area contributed by atoms with Gasteiger partial charge in [-0.3, -0.25) is 9.59 Å². The lowest BCUT2D eigenvalue weighted by Crippen LogP contribution is -2.40. The van der Waals surface area contributed by atoms with E-state index in [1.807, 2.05) is 27.7 Å². The number of hydrogen-bond acceptors (Lipinski definition) is 4. The Kier molecular flexibility index (Phi) is 15.1. The number of nitrogens with one attached hydrogen (secondary N) is 2. The highest BCUT2D eigenvalue weighted by Gasteiger charge is 2.23. The number of aliphatic hydroxyl groups is 2. The molecule has 4 N–H and O–H groups in total. The molecule has 0 saturated carbocycles. The highest BCUT2D eigenvalue weighted by atomic mass is 16.3. The second-order valence-corrected chi connectivity index (χ2v) is 8.70. The predicted octanol–water partition coefficient (Wildman–Crippen LogP) is 3.26. The van der Waals surface area contributed by atoms with Crippen LogP contribution in [0.15, 0.2) is 0 Å². The fourth-order valence-electron chi connectivity index (χ4n) is 3.89. The molecule has 0 aliphatic heterocycles. The second-order valence-electron chi connectivity index (χ2n) is 8.70.